The number of pyridine rings is 2. The molecule has 0 unspecified atom stereocenters. The molecule has 43 heavy (non-hydrogen) atoms. The number of hydrogen-bond donors (Lipinski definition) is 1. The van der Waals surface area contributed by atoms with Crippen molar-refractivity contribution in [3.05, 3.63) is 114 Å². The van der Waals surface area contributed by atoms with E-state index >= 15 is 0 Å². The van der Waals surface area contributed by atoms with Crippen LogP contribution in [0.15, 0.2) is 70.3 Å². The van der Waals surface area contributed by atoms with Crippen molar-refractivity contribution in [2.45, 2.75) is 39.8 Å². The number of methoxy groups -OCH3 is 2. The lowest BCUT2D eigenvalue weighted by atomic mass is 10.0. The maximum Gasteiger partial charge on any atom is 0.334 e. The van der Waals surface area contributed by atoms with Gasteiger partial charge in [0.25, 0.3) is 5.56 Å². The molecule has 0 radical (unpaired) electrons. The zero-order valence-corrected chi connectivity index (χ0v) is 26.0. The summed E-state index contributed by atoms with van der Waals surface area (Å²) in [6.45, 7) is 7.05. The van der Waals surface area contributed by atoms with E-state index in [9.17, 15) is 9.59 Å². The van der Waals surface area contributed by atoms with Crippen LogP contribution in [0.1, 0.15) is 42.1 Å². The Balaban J connectivity index is 1.68. The molecule has 5 rings (SSSR count). The second-order valence-corrected chi connectivity index (χ2v) is 11.2. The van der Waals surface area contributed by atoms with Gasteiger partial charge in [-0.15, -0.1) is 0 Å². The van der Waals surface area contributed by atoms with Gasteiger partial charge in [0.15, 0.2) is 5.65 Å². The lowest BCUT2D eigenvalue weighted by Gasteiger charge is -2.27. The largest absolute Gasteiger partial charge is 0.497 e. The number of aromatic amines is 1. The normalized spacial score (nSPS) is 11.3. The van der Waals surface area contributed by atoms with Crippen LogP contribution in [0.3, 0.4) is 0 Å². The Labute approximate surface area is 258 Å². The van der Waals surface area contributed by atoms with Gasteiger partial charge in [0.2, 0.25) is 0 Å². The first-order valence-electron chi connectivity index (χ1n) is 13.6. The molecular weight excluding hydrogens is 589 g/mol. The molecule has 0 aliphatic heterocycles. The van der Waals surface area contributed by atoms with Crippen molar-refractivity contribution in [1.29, 1.82) is 0 Å². The number of H-pyrrole nitrogens is 1. The van der Waals surface area contributed by atoms with Crippen LogP contribution in [0.5, 0.6) is 11.5 Å². The lowest BCUT2D eigenvalue weighted by molar-refractivity contribution is 0.414. The number of fused-ring (bicyclic) bond motifs is 1. The fourth-order valence-electron chi connectivity index (χ4n) is 4.97. The molecular formula is C32H31Cl2N5O4. The first kappa shape index (κ1) is 30.1. The van der Waals surface area contributed by atoms with Gasteiger partial charge >= 0.3 is 5.69 Å². The van der Waals surface area contributed by atoms with Gasteiger partial charge in [-0.3, -0.25) is 9.78 Å². The summed E-state index contributed by atoms with van der Waals surface area (Å²) in [5.41, 5.74) is 2.97. The molecule has 0 spiro atoms. The fourth-order valence-corrected chi connectivity index (χ4v) is 5.25. The number of hydrogen-bond acceptors (Lipinski definition) is 7. The van der Waals surface area contributed by atoms with Gasteiger partial charge in [-0.25, -0.2) is 19.3 Å². The van der Waals surface area contributed by atoms with E-state index in [2.05, 4.69) is 14.9 Å². The van der Waals surface area contributed by atoms with Gasteiger partial charge in [0.05, 0.1) is 36.0 Å². The predicted octanol–water partition coefficient (Wildman–Crippen LogP) is 6.43. The first-order valence-corrected chi connectivity index (χ1v) is 14.4. The third kappa shape index (κ3) is 6.23. The molecule has 3 heterocycles. The quantitative estimate of drug-likeness (QED) is 0.190. The molecule has 0 saturated heterocycles. The highest BCUT2D eigenvalue weighted by atomic mass is 35.5. The highest BCUT2D eigenvalue weighted by molar-refractivity contribution is 6.41. The lowest BCUT2D eigenvalue weighted by Crippen LogP contribution is -2.32. The summed E-state index contributed by atoms with van der Waals surface area (Å²) in [5, 5.41) is 0.256. The van der Waals surface area contributed by atoms with Gasteiger partial charge in [0.1, 0.15) is 22.5 Å². The van der Waals surface area contributed by atoms with E-state index in [1.165, 1.54) is 10.6 Å². The summed E-state index contributed by atoms with van der Waals surface area (Å²) in [6, 6.07) is 19.2. The van der Waals surface area contributed by atoms with Gasteiger partial charge in [-0.2, -0.15) is 0 Å². The average molecular weight is 621 g/mol. The Bertz CT molecular complexity index is 1850. The minimum atomic E-state index is -0.642. The van der Waals surface area contributed by atoms with Crippen LogP contribution in [-0.2, 0) is 13.1 Å². The van der Waals surface area contributed by atoms with E-state index < -0.39 is 11.2 Å². The van der Waals surface area contributed by atoms with Gasteiger partial charge in [-0.05, 0) is 65.9 Å². The number of benzene rings is 2. The van der Waals surface area contributed by atoms with Crippen molar-refractivity contribution in [2.24, 2.45) is 0 Å². The molecule has 11 heteroatoms. The molecule has 222 valence electrons. The van der Waals surface area contributed by atoms with Crippen LogP contribution in [0.25, 0.3) is 16.7 Å². The Kier molecular flexibility index (Phi) is 8.75. The molecule has 0 aliphatic carbocycles. The van der Waals surface area contributed by atoms with Gasteiger partial charge in [-0.1, -0.05) is 61.3 Å². The van der Waals surface area contributed by atoms with Crippen molar-refractivity contribution in [3.63, 3.8) is 0 Å². The Morgan fingerprint density at radius 3 is 1.95 bits per heavy atom. The van der Waals surface area contributed by atoms with E-state index in [0.717, 1.165) is 34.0 Å². The van der Waals surface area contributed by atoms with Crippen LogP contribution in [0, 0.1) is 6.92 Å². The topological polar surface area (TPSA) is 102 Å². The SMILES string of the molecule is COc1ccc(CN(Cc2ccc(OC)cc2)c2cc(C)c(-n3c(=O)[nH]c(=O)c4cc(Cl)c(Cl)nc43)c(C(C)C)n2)cc1. The molecule has 1 N–H and O–H groups in total. The molecule has 9 nitrogen and oxygen atoms in total. The monoisotopic (exact) mass is 619 g/mol. The number of aryl methyl sites for hydroxylation is 1. The van der Waals surface area contributed by atoms with E-state index in [4.69, 9.17) is 37.7 Å². The smallest absolute Gasteiger partial charge is 0.334 e. The van der Waals surface area contributed by atoms with Crippen LogP contribution in [-0.4, -0.2) is 33.7 Å². The van der Waals surface area contributed by atoms with E-state index in [1.807, 2.05) is 75.4 Å². The minimum Gasteiger partial charge on any atom is -0.497 e. The van der Waals surface area contributed by atoms with Crippen LogP contribution in [0.4, 0.5) is 5.82 Å². The maximum absolute atomic E-state index is 13.3. The second kappa shape index (κ2) is 12.5. The third-order valence-electron chi connectivity index (χ3n) is 7.15. The van der Waals surface area contributed by atoms with E-state index in [0.29, 0.717) is 24.5 Å². The number of anilines is 1. The second-order valence-electron chi connectivity index (χ2n) is 10.5. The summed E-state index contributed by atoms with van der Waals surface area (Å²) in [5.74, 6) is 2.19. The molecule has 0 saturated carbocycles. The van der Waals surface area contributed by atoms with Crippen molar-refractivity contribution < 1.29 is 9.47 Å². The summed E-state index contributed by atoms with van der Waals surface area (Å²) < 4.78 is 12.0. The van der Waals surface area contributed by atoms with Crippen LogP contribution >= 0.6 is 23.2 Å². The van der Waals surface area contributed by atoms with Gasteiger partial charge in [0, 0.05) is 13.1 Å². The number of aromatic nitrogens is 4. The molecule has 0 aliphatic rings. The number of halogens is 2. The summed E-state index contributed by atoms with van der Waals surface area (Å²) >= 11 is 12.4. The number of rotatable bonds is 9. The Hall–Kier alpha value is -4.34. The molecule has 0 fully saturated rings. The number of ether oxygens (including phenoxy) is 2. The highest BCUT2D eigenvalue weighted by Crippen LogP contribution is 2.32. The highest BCUT2D eigenvalue weighted by Gasteiger charge is 2.23. The zero-order chi connectivity index (χ0) is 30.8. The van der Waals surface area contributed by atoms with E-state index in [1.54, 1.807) is 14.2 Å². The number of nitrogens with one attached hydrogen (secondary N) is 1. The summed E-state index contributed by atoms with van der Waals surface area (Å²) in [7, 11) is 3.28. The van der Waals surface area contributed by atoms with E-state index in [-0.39, 0.29) is 27.1 Å². The van der Waals surface area contributed by atoms with Crippen LogP contribution in [0.2, 0.25) is 10.2 Å². The van der Waals surface area contributed by atoms with Crippen molar-refractivity contribution in [1.82, 2.24) is 19.5 Å². The average Bonchev–Trinajstić information content (AvgIpc) is 2.99. The minimum absolute atomic E-state index is 0.00796. The first-order chi connectivity index (χ1) is 20.6. The predicted molar refractivity (Wildman–Crippen MR) is 170 cm³/mol. The molecule has 2 aromatic carbocycles. The molecule has 5 aromatic rings. The summed E-state index contributed by atoms with van der Waals surface area (Å²) in [4.78, 5) is 40.0. The Morgan fingerprint density at radius 2 is 1.44 bits per heavy atom. The summed E-state index contributed by atoms with van der Waals surface area (Å²) in [6.07, 6.45) is 0. The van der Waals surface area contributed by atoms with Gasteiger partial charge < -0.3 is 14.4 Å². The molecule has 0 bridgehead atoms. The molecule has 0 atom stereocenters. The Morgan fingerprint density at radius 1 is 0.884 bits per heavy atom. The van der Waals surface area contributed by atoms with Crippen LogP contribution < -0.4 is 25.6 Å². The molecule has 3 aromatic heterocycles. The van der Waals surface area contributed by atoms with Crippen molar-refractivity contribution in [3.8, 4) is 17.2 Å². The van der Waals surface area contributed by atoms with Crippen molar-refractivity contribution in [2.75, 3.05) is 19.1 Å². The maximum atomic E-state index is 13.3. The molecule has 0 amide bonds. The zero-order valence-electron chi connectivity index (χ0n) is 24.4. The third-order valence-corrected chi connectivity index (χ3v) is 7.82. The van der Waals surface area contributed by atoms with Crippen molar-refractivity contribution >= 4 is 40.1 Å². The fraction of sp³-hybridized carbons (Fsp3) is 0.250. The number of nitrogens with zero attached hydrogens (tertiary/aromatic N) is 4. The standard InChI is InChI=1S/C32H31Cl2N5O4/c1-18(2)27-28(39-30-24(31(40)37-32(39)41)15-25(33)29(34)36-30)19(3)14-26(35-27)38(16-20-6-10-22(42-4)11-7-20)17-21-8-12-23(43-5)13-9-21/h6-15,18H,16-17H2,1-5H3,(H,37,40,41).